The molecule has 0 aliphatic carbocycles. The van der Waals surface area contributed by atoms with Crippen LogP contribution >= 0.6 is 0 Å². The number of guanidine groups is 1. The van der Waals surface area contributed by atoms with Crippen molar-refractivity contribution in [1.82, 2.24) is 20.4 Å². The molecule has 2 unspecified atom stereocenters. The monoisotopic (exact) mass is 389 g/mol. The maximum atomic E-state index is 13.2. The van der Waals surface area contributed by atoms with Gasteiger partial charge in [0.2, 0.25) is 5.89 Å². The van der Waals surface area contributed by atoms with E-state index >= 15 is 0 Å². The summed E-state index contributed by atoms with van der Waals surface area (Å²) in [6.07, 6.45) is 1.47. The number of nitrogens with zero attached hydrogens (tertiary/aromatic N) is 4. The molecule has 3 rings (SSSR count). The molecule has 152 valence electrons. The van der Waals surface area contributed by atoms with Crippen molar-refractivity contribution in [3.63, 3.8) is 0 Å². The number of hydrogen-bond donors (Lipinski definition) is 1. The number of aliphatic imine (C=N–C) groups is 1. The average Bonchev–Trinajstić information content (AvgIpc) is 3.09. The molecule has 1 fully saturated rings. The Bertz CT molecular complexity index is 777. The molecule has 1 aromatic heterocycles. The van der Waals surface area contributed by atoms with Gasteiger partial charge in [0.15, 0.2) is 11.8 Å². The molecule has 0 saturated carbocycles. The lowest BCUT2D eigenvalue weighted by atomic mass is 10.1. The summed E-state index contributed by atoms with van der Waals surface area (Å²) in [4.78, 5) is 11.2. The molecule has 1 N–H and O–H groups in total. The fourth-order valence-electron chi connectivity index (χ4n) is 3.27. The fraction of sp³-hybridized carbons (Fsp3) is 0.550. The molecule has 2 aromatic rings. The van der Waals surface area contributed by atoms with E-state index in [1.165, 1.54) is 12.1 Å². The van der Waals surface area contributed by atoms with E-state index in [9.17, 15) is 4.39 Å². The molecule has 1 saturated heterocycles. The Hall–Kier alpha value is -2.48. The van der Waals surface area contributed by atoms with Gasteiger partial charge in [0.05, 0.1) is 12.6 Å². The van der Waals surface area contributed by atoms with Crippen molar-refractivity contribution in [2.24, 2.45) is 4.99 Å². The maximum Gasteiger partial charge on any atom is 0.226 e. The summed E-state index contributed by atoms with van der Waals surface area (Å²) in [5.74, 6) is 1.93. The zero-order valence-corrected chi connectivity index (χ0v) is 16.7. The Kier molecular flexibility index (Phi) is 6.97. The molecule has 0 bridgehead atoms. The number of halogens is 1. The molecule has 2 heterocycles. The highest BCUT2D eigenvalue weighted by atomic mass is 19.1. The van der Waals surface area contributed by atoms with Crippen LogP contribution in [0.2, 0.25) is 0 Å². The van der Waals surface area contributed by atoms with Gasteiger partial charge >= 0.3 is 0 Å². The minimum Gasteiger partial charge on any atom is -0.367 e. The van der Waals surface area contributed by atoms with E-state index < -0.39 is 0 Å². The third-order valence-electron chi connectivity index (χ3n) is 4.52. The molecule has 28 heavy (non-hydrogen) atoms. The Morgan fingerprint density at radius 2 is 2.11 bits per heavy atom. The topological polar surface area (TPSA) is 75.8 Å². The predicted molar refractivity (Wildman–Crippen MR) is 105 cm³/mol. The van der Waals surface area contributed by atoms with Gasteiger partial charge in [-0.15, -0.1) is 0 Å². The minimum atomic E-state index is -0.240. The van der Waals surface area contributed by atoms with Crippen LogP contribution in [-0.4, -0.2) is 53.3 Å². The van der Waals surface area contributed by atoms with E-state index in [2.05, 4.69) is 27.3 Å². The Morgan fingerprint density at radius 1 is 1.32 bits per heavy atom. The first-order valence-corrected chi connectivity index (χ1v) is 9.78. The second kappa shape index (κ2) is 9.64. The number of hydrogen-bond acceptors (Lipinski definition) is 5. The second-order valence-corrected chi connectivity index (χ2v) is 6.97. The summed E-state index contributed by atoms with van der Waals surface area (Å²) in [6.45, 7) is 8.79. The number of ether oxygens (including phenoxy) is 1. The van der Waals surface area contributed by atoms with E-state index in [-0.39, 0.29) is 18.0 Å². The summed E-state index contributed by atoms with van der Waals surface area (Å²) >= 11 is 0. The van der Waals surface area contributed by atoms with E-state index in [1.807, 2.05) is 13.8 Å². The van der Waals surface area contributed by atoms with Crippen LogP contribution in [0.1, 0.15) is 43.7 Å². The highest BCUT2D eigenvalue weighted by Crippen LogP contribution is 2.25. The highest BCUT2D eigenvalue weighted by molar-refractivity contribution is 5.80. The lowest BCUT2D eigenvalue weighted by Gasteiger charge is -2.38. The van der Waals surface area contributed by atoms with Gasteiger partial charge in [0.1, 0.15) is 11.9 Å². The second-order valence-electron chi connectivity index (χ2n) is 6.97. The largest absolute Gasteiger partial charge is 0.367 e. The van der Waals surface area contributed by atoms with Crippen molar-refractivity contribution in [1.29, 1.82) is 0 Å². The van der Waals surface area contributed by atoms with Gasteiger partial charge < -0.3 is 19.5 Å². The lowest BCUT2D eigenvalue weighted by molar-refractivity contribution is -0.0605. The first kappa shape index (κ1) is 20.3. The highest BCUT2D eigenvalue weighted by Gasteiger charge is 2.28. The van der Waals surface area contributed by atoms with Crippen molar-refractivity contribution in [2.45, 2.75) is 45.8 Å². The normalized spacial score (nSPS) is 20.4. The standard InChI is InChI=1S/C20H28FN5O2/c1-4-22-20(23-11-5-6-19-24-15(3)25-28-19)26-12-14(2)27-18(13-26)16-7-9-17(21)10-8-16/h7-10,14,18H,4-6,11-13H2,1-3H3,(H,22,23). The van der Waals surface area contributed by atoms with E-state index in [4.69, 9.17) is 14.3 Å². The SMILES string of the molecule is CCNC(=NCCCc1nc(C)no1)N1CC(C)OC(c2ccc(F)cc2)C1. The van der Waals surface area contributed by atoms with Crippen LogP contribution in [0.15, 0.2) is 33.8 Å². The number of morpholine rings is 1. The van der Waals surface area contributed by atoms with Crippen LogP contribution in [0, 0.1) is 12.7 Å². The van der Waals surface area contributed by atoms with Gasteiger partial charge in [-0.25, -0.2) is 4.39 Å². The lowest BCUT2D eigenvalue weighted by Crippen LogP contribution is -2.50. The molecular weight excluding hydrogens is 361 g/mol. The van der Waals surface area contributed by atoms with E-state index in [0.717, 1.165) is 31.0 Å². The fourth-order valence-corrected chi connectivity index (χ4v) is 3.27. The molecule has 0 spiro atoms. The van der Waals surface area contributed by atoms with Crippen LogP contribution in [0.25, 0.3) is 0 Å². The summed E-state index contributed by atoms with van der Waals surface area (Å²) in [5.41, 5.74) is 0.973. The molecule has 1 aliphatic heterocycles. The minimum absolute atomic E-state index is 0.0500. The number of aromatic nitrogens is 2. The summed E-state index contributed by atoms with van der Waals surface area (Å²) in [7, 11) is 0. The summed E-state index contributed by atoms with van der Waals surface area (Å²) in [6, 6.07) is 6.51. The van der Waals surface area contributed by atoms with Crippen LogP contribution in [0.4, 0.5) is 4.39 Å². The van der Waals surface area contributed by atoms with Gasteiger partial charge in [0.25, 0.3) is 0 Å². The molecular formula is C20H28FN5O2. The van der Waals surface area contributed by atoms with Crippen molar-refractivity contribution in [3.8, 4) is 0 Å². The molecule has 1 aromatic carbocycles. The van der Waals surface area contributed by atoms with Crippen LogP contribution in [0.5, 0.6) is 0 Å². The predicted octanol–water partition coefficient (Wildman–Crippen LogP) is 2.88. The zero-order chi connectivity index (χ0) is 19.9. The molecule has 0 amide bonds. The van der Waals surface area contributed by atoms with Crippen LogP contribution in [0.3, 0.4) is 0 Å². The summed E-state index contributed by atoms with van der Waals surface area (Å²) in [5, 5.41) is 7.17. The van der Waals surface area contributed by atoms with Gasteiger partial charge in [0, 0.05) is 26.1 Å². The van der Waals surface area contributed by atoms with Crippen molar-refractivity contribution >= 4 is 5.96 Å². The first-order valence-electron chi connectivity index (χ1n) is 9.78. The first-order chi connectivity index (χ1) is 13.5. The number of aryl methyl sites for hydroxylation is 2. The Labute approximate surface area is 165 Å². The van der Waals surface area contributed by atoms with Gasteiger partial charge in [-0.1, -0.05) is 17.3 Å². The van der Waals surface area contributed by atoms with Crippen molar-refractivity contribution < 1.29 is 13.7 Å². The number of nitrogens with one attached hydrogen (secondary N) is 1. The van der Waals surface area contributed by atoms with Crippen LogP contribution < -0.4 is 5.32 Å². The van der Waals surface area contributed by atoms with Gasteiger partial charge in [-0.2, -0.15) is 4.98 Å². The zero-order valence-electron chi connectivity index (χ0n) is 16.7. The average molecular weight is 389 g/mol. The van der Waals surface area contributed by atoms with Gasteiger partial charge in [-0.3, -0.25) is 4.99 Å². The van der Waals surface area contributed by atoms with Crippen molar-refractivity contribution in [3.05, 3.63) is 47.4 Å². The van der Waals surface area contributed by atoms with Crippen molar-refractivity contribution in [2.75, 3.05) is 26.2 Å². The quantitative estimate of drug-likeness (QED) is 0.465. The molecule has 7 nitrogen and oxygen atoms in total. The number of rotatable bonds is 6. The van der Waals surface area contributed by atoms with E-state index in [1.54, 1.807) is 12.1 Å². The van der Waals surface area contributed by atoms with Crippen LogP contribution in [-0.2, 0) is 11.2 Å². The Balaban J connectivity index is 1.62. The summed E-state index contributed by atoms with van der Waals surface area (Å²) < 4.78 is 24.5. The number of benzene rings is 1. The molecule has 2 atom stereocenters. The smallest absolute Gasteiger partial charge is 0.226 e. The molecule has 8 heteroatoms. The third-order valence-corrected chi connectivity index (χ3v) is 4.52. The van der Waals surface area contributed by atoms with E-state index in [0.29, 0.717) is 31.2 Å². The molecule has 1 aliphatic rings. The molecule has 0 radical (unpaired) electrons. The Morgan fingerprint density at radius 3 is 2.79 bits per heavy atom. The third kappa shape index (κ3) is 5.51. The maximum absolute atomic E-state index is 13.2. The van der Waals surface area contributed by atoms with Gasteiger partial charge in [-0.05, 0) is 44.9 Å².